The van der Waals surface area contributed by atoms with Crippen molar-refractivity contribution >= 4 is 6.34 Å². The molecule has 0 aliphatic heterocycles. The largest absolute Gasteiger partial charge is 0.367 e. The van der Waals surface area contributed by atoms with Crippen LogP contribution in [0, 0.1) is 0 Å². The molecule has 0 spiro atoms. The molecule has 113 valence electrons. The first kappa shape index (κ1) is 18.5. The lowest BCUT2D eigenvalue weighted by Gasteiger charge is -2.00. The van der Waals surface area contributed by atoms with Crippen molar-refractivity contribution in [3.8, 4) is 0 Å². The Hall–Kier alpha value is -0.530. The third-order valence-corrected chi connectivity index (χ3v) is 3.44. The molecule has 0 aromatic heterocycles. The smallest absolute Gasteiger partial charge is 0.164 e. The fourth-order valence-electron chi connectivity index (χ4n) is 2.13. The van der Waals surface area contributed by atoms with Crippen molar-refractivity contribution in [1.82, 2.24) is 5.32 Å². The highest BCUT2D eigenvalue weighted by Crippen LogP contribution is 2.05. The maximum Gasteiger partial charge on any atom is 0.164 e. The lowest BCUT2D eigenvalue weighted by Crippen LogP contribution is -2.12. The number of aliphatic imine (C=N–C) groups is 1. The molecule has 2 nitrogen and oxygen atoms in total. The lowest BCUT2D eigenvalue weighted by molar-refractivity contribution is 0.602. The SMILES string of the molecule is CCCCCCCC/N=[C]\NCCCCCCCC. The van der Waals surface area contributed by atoms with E-state index in [4.69, 9.17) is 0 Å². The van der Waals surface area contributed by atoms with Crippen molar-refractivity contribution < 1.29 is 0 Å². The van der Waals surface area contributed by atoms with Crippen molar-refractivity contribution in [2.24, 2.45) is 4.99 Å². The molecule has 0 heterocycles. The van der Waals surface area contributed by atoms with E-state index in [9.17, 15) is 0 Å². The van der Waals surface area contributed by atoms with Crippen LogP contribution in [0.3, 0.4) is 0 Å². The van der Waals surface area contributed by atoms with Gasteiger partial charge in [0.05, 0.1) is 0 Å². The van der Waals surface area contributed by atoms with Crippen LogP contribution in [0.1, 0.15) is 90.9 Å². The quantitative estimate of drug-likeness (QED) is 0.187. The molecule has 19 heavy (non-hydrogen) atoms. The van der Waals surface area contributed by atoms with Crippen LogP contribution in [0.25, 0.3) is 0 Å². The van der Waals surface area contributed by atoms with Gasteiger partial charge in [-0.3, -0.25) is 4.99 Å². The molecule has 1 radical (unpaired) electrons. The number of hydrogen-bond acceptors (Lipinski definition) is 1. The number of hydrogen-bond donors (Lipinski definition) is 1. The molecule has 0 aromatic rings. The van der Waals surface area contributed by atoms with Gasteiger partial charge >= 0.3 is 0 Å². The summed E-state index contributed by atoms with van der Waals surface area (Å²) in [5.74, 6) is 0. The van der Waals surface area contributed by atoms with E-state index in [0.29, 0.717) is 0 Å². The summed E-state index contributed by atoms with van der Waals surface area (Å²) >= 11 is 0. The average molecular weight is 267 g/mol. The minimum atomic E-state index is 0.940. The molecule has 0 atom stereocenters. The van der Waals surface area contributed by atoms with Gasteiger partial charge in [0.25, 0.3) is 0 Å². The minimum absolute atomic E-state index is 0.940. The Balaban J connectivity index is 3.01. The fraction of sp³-hybridized carbons (Fsp3) is 0.941. The van der Waals surface area contributed by atoms with E-state index in [0.717, 1.165) is 13.1 Å². The Morgan fingerprint density at radius 2 is 1.21 bits per heavy atom. The lowest BCUT2D eigenvalue weighted by atomic mass is 10.1. The molecule has 0 fully saturated rings. The number of unbranched alkanes of at least 4 members (excludes halogenated alkanes) is 10. The van der Waals surface area contributed by atoms with Crippen molar-refractivity contribution in [3.05, 3.63) is 0 Å². The van der Waals surface area contributed by atoms with Gasteiger partial charge in [-0.2, -0.15) is 0 Å². The molecule has 1 N–H and O–H groups in total. The normalized spacial score (nSPS) is 11.3. The third-order valence-electron chi connectivity index (χ3n) is 3.44. The molecule has 0 bridgehead atoms. The summed E-state index contributed by atoms with van der Waals surface area (Å²) < 4.78 is 0. The van der Waals surface area contributed by atoms with E-state index < -0.39 is 0 Å². The molecule has 0 aliphatic carbocycles. The Morgan fingerprint density at radius 1 is 0.684 bits per heavy atom. The molecule has 0 saturated heterocycles. The Morgan fingerprint density at radius 3 is 1.84 bits per heavy atom. The highest BCUT2D eigenvalue weighted by molar-refractivity contribution is 5.53. The highest BCUT2D eigenvalue weighted by atomic mass is 14.9. The Labute approximate surface area is 121 Å². The second-order valence-corrected chi connectivity index (χ2v) is 5.46. The summed E-state index contributed by atoms with van der Waals surface area (Å²) in [5, 5.41) is 3.17. The van der Waals surface area contributed by atoms with Crippen LogP contribution in [0.4, 0.5) is 0 Å². The molecule has 0 rings (SSSR count). The monoisotopic (exact) mass is 267 g/mol. The Kier molecular flexibility index (Phi) is 17.0. The van der Waals surface area contributed by atoms with Gasteiger partial charge in [-0.1, -0.05) is 78.1 Å². The van der Waals surface area contributed by atoms with E-state index in [1.165, 1.54) is 77.0 Å². The minimum Gasteiger partial charge on any atom is -0.367 e. The van der Waals surface area contributed by atoms with Crippen molar-refractivity contribution in [3.63, 3.8) is 0 Å². The van der Waals surface area contributed by atoms with E-state index in [1.54, 1.807) is 0 Å². The number of nitrogens with one attached hydrogen (secondary N) is 1. The standard InChI is InChI=1S/C17H35N2/c1-3-5-7-9-11-13-15-18-17-19-16-14-12-10-8-6-4-2/h3-16H2,1-2H3,(H,18,19). The molecule has 0 unspecified atom stereocenters. The van der Waals surface area contributed by atoms with Gasteiger partial charge in [0, 0.05) is 13.1 Å². The first-order valence-electron chi connectivity index (χ1n) is 8.56. The molecule has 0 saturated carbocycles. The van der Waals surface area contributed by atoms with Gasteiger partial charge in [0.1, 0.15) is 0 Å². The van der Waals surface area contributed by atoms with Crippen molar-refractivity contribution in [1.29, 1.82) is 0 Å². The molecular weight excluding hydrogens is 232 g/mol. The van der Waals surface area contributed by atoms with Gasteiger partial charge in [0.2, 0.25) is 0 Å². The van der Waals surface area contributed by atoms with Crippen LogP contribution >= 0.6 is 0 Å². The molecule has 0 amide bonds. The topological polar surface area (TPSA) is 24.4 Å². The zero-order chi connectivity index (χ0) is 14.0. The van der Waals surface area contributed by atoms with Gasteiger partial charge in [-0.25, -0.2) is 0 Å². The maximum atomic E-state index is 4.28. The van der Waals surface area contributed by atoms with Crippen molar-refractivity contribution in [2.45, 2.75) is 90.9 Å². The predicted octanol–water partition coefficient (Wildman–Crippen LogP) is 5.20. The van der Waals surface area contributed by atoms with Crippen LogP contribution in [-0.4, -0.2) is 19.4 Å². The first-order chi connectivity index (χ1) is 9.41. The van der Waals surface area contributed by atoms with Crippen LogP contribution in [-0.2, 0) is 0 Å². The fourth-order valence-corrected chi connectivity index (χ4v) is 2.13. The van der Waals surface area contributed by atoms with Crippen molar-refractivity contribution in [2.75, 3.05) is 13.1 Å². The van der Waals surface area contributed by atoms with E-state index in [-0.39, 0.29) is 0 Å². The zero-order valence-electron chi connectivity index (χ0n) is 13.3. The first-order valence-corrected chi connectivity index (χ1v) is 8.56. The average Bonchev–Trinajstić information content (AvgIpc) is 2.43. The summed E-state index contributed by atoms with van der Waals surface area (Å²) in [7, 11) is 0. The molecule has 0 aliphatic rings. The van der Waals surface area contributed by atoms with Gasteiger partial charge in [-0.05, 0) is 12.8 Å². The predicted molar refractivity (Wildman–Crippen MR) is 87.1 cm³/mol. The van der Waals surface area contributed by atoms with Crippen LogP contribution < -0.4 is 5.32 Å². The van der Waals surface area contributed by atoms with Crippen LogP contribution in [0.15, 0.2) is 4.99 Å². The molecule has 0 aromatic carbocycles. The highest BCUT2D eigenvalue weighted by Gasteiger charge is 1.90. The van der Waals surface area contributed by atoms with Gasteiger partial charge in [0.15, 0.2) is 6.34 Å². The summed E-state index contributed by atoms with van der Waals surface area (Å²) in [5.41, 5.74) is 0. The third kappa shape index (κ3) is 17.5. The molecular formula is C17H35N2. The zero-order valence-corrected chi connectivity index (χ0v) is 13.3. The van der Waals surface area contributed by atoms with Crippen LogP contribution in [0.2, 0.25) is 0 Å². The second kappa shape index (κ2) is 17.5. The summed E-state index contributed by atoms with van der Waals surface area (Å²) in [6, 6.07) is 0. The maximum absolute atomic E-state index is 4.28. The summed E-state index contributed by atoms with van der Waals surface area (Å²) in [6.45, 7) is 6.49. The van der Waals surface area contributed by atoms with Crippen LogP contribution in [0.5, 0.6) is 0 Å². The van der Waals surface area contributed by atoms with Gasteiger partial charge in [-0.15, -0.1) is 0 Å². The number of nitrogens with zero attached hydrogens (tertiary/aromatic N) is 1. The van der Waals surface area contributed by atoms with E-state index in [2.05, 4.69) is 30.5 Å². The van der Waals surface area contributed by atoms with Gasteiger partial charge < -0.3 is 5.32 Å². The second-order valence-electron chi connectivity index (χ2n) is 5.46. The van der Waals surface area contributed by atoms with E-state index in [1.807, 2.05) is 0 Å². The Bertz CT molecular complexity index is 178. The van der Waals surface area contributed by atoms with E-state index >= 15 is 0 Å². The summed E-state index contributed by atoms with van der Waals surface area (Å²) in [6.07, 6.45) is 19.1. The number of rotatable bonds is 15. The molecule has 2 heteroatoms. The summed E-state index contributed by atoms with van der Waals surface area (Å²) in [4.78, 5) is 4.28.